The Kier molecular flexibility index (Phi) is 4.11. The van der Waals surface area contributed by atoms with Crippen LogP contribution < -0.4 is 5.32 Å². The maximum absolute atomic E-state index is 6.01. The zero-order chi connectivity index (χ0) is 16.7. The van der Waals surface area contributed by atoms with Gasteiger partial charge in [0.15, 0.2) is 5.82 Å². The van der Waals surface area contributed by atoms with Gasteiger partial charge in [0.1, 0.15) is 0 Å². The lowest BCUT2D eigenvalue weighted by atomic mass is 9.94. The molecule has 3 atom stereocenters. The molecule has 130 valence electrons. The Morgan fingerprint density at radius 1 is 1.25 bits per heavy atom. The van der Waals surface area contributed by atoms with Crippen LogP contribution in [-0.2, 0) is 16.5 Å². The summed E-state index contributed by atoms with van der Waals surface area (Å²) < 4.78 is 19.0. The minimum absolute atomic E-state index is 0.00103. The fraction of sp³-hybridized carbons (Fsp3) is 0.688. The highest BCUT2D eigenvalue weighted by molar-refractivity contribution is 5.30. The van der Waals surface area contributed by atoms with Crippen molar-refractivity contribution in [3.63, 3.8) is 0 Å². The highest BCUT2D eigenvalue weighted by Crippen LogP contribution is 2.43. The Bertz CT molecular complexity index is 719. The first-order valence-electron chi connectivity index (χ1n) is 8.41. The first kappa shape index (κ1) is 15.7. The van der Waals surface area contributed by atoms with Gasteiger partial charge in [-0.2, -0.15) is 10.1 Å². The number of rotatable bonds is 3. The molecular weight excluding hydrogens is 310 g/mol. The molecule has 0 aromatic carbocycles. The molecule has 0 spiro atoms. The number of nitrogens with one attached hydrogen (secondary N) is 1. The third-order valence-electron chi connectivity index (χ3n) is 4.95. The number of hydrogen-bond donors (Lipinski definition) is 1. The van der Waals surface area contributed by atoms with Crippen LogP contribution in [0.15, 0.2) is 4.52 Å². The van der Waals surface area contributed by atoms with Crippen molar-refractivity contribution in [2.24, 2.45) is 7.05 Å². The van der Waals surface area contributed by atoms with Gasteiger partial charge >= 0.3 is 0 Å². The molecule has 0 bridgehead atoms. The second kappa shape index (κ2) is 6.27. The van der Waals surface area contributed by atoms with E-state index in [1.165, 1.54) is 0 Å². The maximum Gasteiger partial charge on any atom is 0.232 e. The summed E-state index contributed by atoms with van der Waals surface area (Å²) in [7, 11) is 1.95. The van der Waals surface area contributed by atoms with Crippen LogP contribution in [0, 0.1) is 13.8 Å². The highest BCUT2D eigenvalue weighted by atomic mass is 16.5. The zero-order valence-corrected chi connectivity index (χ0v) is 14.3. The van der Waals surface area contributed by atoms with Crippen molar-refractivity contribution in [2.45, 2.75) is 38.3 Å². The number of morpholine rings is 1. The van der Waals surface area contributed by atoms with Gasteiger partial charge < -0.3 is 19.3 Å². The molecule has 8 nitrogen and oxygen atoms in total. The van der Waals surface area contributed by atoms with E-state index >= 15 is 0 Å². The SMILES string of the molecule is Cc1nn(C)c(C)c1[C@@H]1OCC[C@H]1c1nc(C2COCCN2)no1. The zero-order valence-electron chi connectivity index (χ0n) is 14.3. The Morgan fingerprint density at radius 3 is 2.83 bits per heavy atom. The Labute approximate surface area is 140 Å². The van der Waals surface area contributed by atoms with Crippen molar-refractivity contribution in [3.8, 4) is 0 Å². The molecule has 1 N–H and O–H groups in total. The van der Waals surface area contributed by atoms with E-state index in [1.807, 2.05) is 18.7 Å². The van der Waals surface area contributed by atoms with Crippen molar-refractivity contribution >= 4 is 0 Å². The predicted molar refractivity (Wildman–Crippen MR) is 84.6 cm³/mol. The van der Waals surface area contributed by atoms with E-state index in [0.717, 1.165) is 36.5 Å². The molecule has 4 heterocycles. The lowest BCUT2D eigenvalue weighted by Crippen LogP contribution is -2.35. The topological polar surface area (TPSA) is 87.2 Å². The number of nitrogens with zero attached hydrogens (tertiary/aromatic N) is 4. The van der Waals surface area contributed by atoms with Gasteiger partial charge in [0.25, 0.3) is 0 Å². The third-order valence-corrected chi connectivity index (χ3v) is 4.95. The van der Waals surface area contributed by atoms with Crippen molar-refractivity contribution in [2.75, 3.05) is 26.4 Å². The normalized spacial score (nSPS) is 27.7. The smallest absolute Gasteiger partial charge is 0.232 e. The maximum atomic E-state index is 6.01. The summed E-state index contributed by atoms with van der Waals surface area (Å²) in [4.78, 5) is 4.63. The van der Waals surface area contributed by atoms with Gasteiger partial charge in [0.2, 0.25) is 5.89 Å². The molecule has 24 heavy (non-hydrogen) atoms. The lowest BCUT2D eigenvalue weighted by molar-refractivity contribution is 0.0734. The van der Waals surface area contributed by atoms with Crippen LogP contribution in [0.3, 0.4) is 0 Å². The molecule has 8 heteroatoms. The molecular formula is C16H23N5O3. The average molecular weight is 333 g/mol. The van der Waals surface area contributed by atoms with E-state index in [9.17, 15) is 0 Å². The standard InChI is InChI=1S/C16H23N5O3/c1-9-13(10(2)21(3)19-9)14-11(4-6-23-14)16-18-15(20-24-16)12-8-22-7-5-17-12/h11-12,14,17H,4-8H2,1-3H3/t11-,12?,14-/m1/s1. The Hall–Kier alpha value is -1.77. The van der Waals surface area contributed by atoms with Crippen LogP contribution in [-0.4, -0.2) is 46.3 Å². The fourth-order valence-electron chi connectivity index (χ4n) is 3.60. The minimum atomic E-state index is -0.0810. The second-order valence-electron chi connectivity index (χ2n) is 6.47. The van der Waals surface area contributed by atoms with Gasteiger partial charge in [-0.3, -0.25) is 4.68 Å². The van der Waals surface area contributed by atoms with Crippen molar-refractivity contribution < 1.29 is 14.0 Å². The number of hydrogen-bond acceptors (Lipinski definition) is 7. The second-order valence-corrected chi connectivity index (χ2v) is 6.47. The highest BCUT2D eigenvalue weighted by Gasteiger charge is 2.38. The minimum Gasteiger partial charge on any atom is -0.378 e. The quantitative estimate of drug-likeness (QED) is 0.906. The molecule has 2 aromatic rings. The van der Waals surface area contributed by atoms with E-state index in [1.54, 1.807) is 0 Å². The first-order chi connectivity index (χ1) is 11.6. The Balaban J connectivity index is 1.60. The van der Waals surface area contributed by atoms with Crippen molar-refractivity contribution in [1.29, 1.82) is 0 Å². The molecule has 0 amide bonds. The molecule has 2 saturated heterocycles. The van der Waals surface area contributed by atoms with Crippen LogP contribution in [0.2, 0.25) is 0 Å². The Morgan fingerprint density at radius 2 is 2.12 bits per heavy atom. The lowest BCUT2D eigenvalue weighted by Gasteiger charge is -2.20. The van der Waals surface area contributed by atoms with Gasteiger partial charge in [-0.15, -0.1) is 0 Å². The summed E-state index contributed by atoms with van der Waals surface area (Å²) >= 11 is 0. The van der Waals surface area contributed by atoms with Crippen molar-refractivity contribution in [1.82, 2.24) is 25.2 Å². The van der Waals surface area contributed by atoms with Gasteiger partial charge in [-0.05, 0) is 20.3 Å². The van der Waals surface area contributed by atoms with E-state index in [4.69, 9.17) is 14.0 Å². The van der Waals surface area contributed by atoms with Crippen LogP contribution in [0.5, 0.6) is 0 Å². The summed E-state index contributed by atoms with van der Waals surface area (Å²) in [5.41, 5.74) is 3.25. The van der Waals surface area contributed by atoms with Gasteiger partial charge in [-0.25, -0.2) is 0 Å². The van der Waals surface area contributed by atoms with Crippen LogP contribution in [0.4, 0.5) is 0 Å². The predicted octanol–water partition coefficient (Wildman–Crippen LogP) is 1.33. The number of aryl methyl sites for hydroxylation is 2. The van der Waals surface area contributed by atoms with E-state index < -0.39 is 0 Å². The molecule has 2 aliphatic rings. The molecule has 0 saturated carbocycles. The van der Waals surface area contributed by atoms with E-state index in [2.05, 4.69) is 27.5 Å². The van der Waals surface area contributed by atoms with Gasteiger partial charge in [-0.1, -0.05) is 5.16 Å². The first-order valence-corrected chi connectivity index (χ1v) is 8.41. The number of aromatic nitrogens is 4. The monoisotopic (exact) mass is 333 g/mol. The summed E-state index contributed by atoms with van der Waals surface area (Å²) in [5.74, 6) is 1.37. The third kappa shape index (κ3) is 2.64. The van der Waals surface area contributed by atoms with Gasteiger partial charge in [0, 0.05) is 31.5 Å². The van der Waals surface area contributed by atoms with Gasteiger partial charge in [0.05, 0.1) is 37.0 Å². The molecule has 1 unspecified atom stereocenters. The largest absolute Gasteiger partial charge is 0.378 e. The number of ether oxygens (including phenoxy) is 2. The molecule has 2 fully saturated rings. The molecule has 2 aliphatic heterocycles. The molecule has 2 aromatic heterocycles. The molecule has 4 rings (SSSR count). The summed E-state index contributed by atoms with van der Waals surface area (Å²) in [6, 6.07) is -0.00103. The van der Waals surface area contributed by atoms with Crippen LogP contribution >= 0.6 is 0 Å². The summed E-state index contributed by atoms with van der Waals surface area (Å²) in [6.45, 7) is 6.87. The van der Waals surface area contributed by atoms with Crippen LogP contribution in [0.25, 0.3) is 0 Å². The summed E-state index contributed by atoms with van der Waals surface area (Å²) in [6.07, 6.45) is 0.789. The van der Waals surface area contributed by atoms with E-state index in [0.29, 0.717) is 24.9 Å². The van der Waals surface area contributed by atoms with E-state index in [-0.39, 0.29) is 18.1 Å². The molecule has 0 radical (unpaired) electrons. The fourth-order valence-corrected chi connectivity index (χ4v) is 3.60. The van der Waals surface area contributed by atoms with Crippen LogP contribution in [0.1, 0.15) is 53.2 Å². The van der Waals surface area contributed by atoms with Crippen molar-refractivity contribution in [3.05, 3.63) is 28.7 Å². The molecule has 0 aliphatic carbocycles. The summed E-state index contributed by atoms with van der Waals surface area (Å²) in [5, 5.41) is 12.0. The average Bonchev–Trinajstić information content (AvgIpc) is 3.28.